The molecule has 0 aliphatic carbocycles. The molecule has 1 fully saturated rings. The first-order valence-corrected chi connectivity index (χ1v) is 9.46. The molecule has 1 rings (SSSR count). The quantitative estimate of drug-likeness (QED) is 0.660. The molecule has 0 aromatic carbocycles. The van der Waals surface area contributed by atoms with Crippen LogP contribution in [0.4, 0.5) is 4.79 Å². The van der Waals surface area contributed by atoms with E-state index in [2.05, 4.69) is 10.6 Å². The van der Waals surface area contributed by atoms with Crippen LogP contribution < -0.4 is 15.8 Å². The van der Waals surface area contributed by atoms with Gasteiger partial charge in [0.1, 0.15) is 0 Å². The van der Waals surface area contributed by atoms with Crippen molar-refractivity contribution in [2.45, 2.75) is 52.1 Å². The first-order chi connectivity index (χ1) is 10.4. The molecular weight excluding hydrogens is 320 g/mol. The first-order valence-electron chi connectivity index (χ1n) is 7.75. The van der Waals surface area contributed by atoms with Crippen molar-refractivity contribution in [3.8, 4) is 0 Å². The number of urea groups is 1. The van der Waals surface area contributed by atoms with Gasteiger partial charge in [0.25, 0.3) is 0 Å². The minimum Gasteiger partial charge on any atom is -0.333 e. The number of hydrogen-bond donors (Lipinski definition) is 3. The lowest BCUT2D eigenvalue weighted by molar-refractivity contribution is -0.125. The number of carbonyl (C=O) groups is 2. The van der Waals surface area contributed by atoms with Crippen molar-refractivity contribution in [2.24, 2.45) is 11.1 Å². The van der Waals surface area contributed by atoms with Crippen LogP contribution >= 0.6 is 0 Å². The van der Waals surface area contributed by atoms with Crippen molar-refractivity contribution in [2.75, 3.05) is 18.8 Å². The highest BCUT2D eigenvalue weighted by molar-refractivity contribution is 7.89. The maximum atomic E-state index is 12.2. The molecular formula is C14H28N4O4S. The number of likely N-dealkylation sites (tertiary alicyclic amines) is 1. The number of imide groups is 1. The predicted molar refractivity (Wildman–Crippen MR) is 88.2 cm³/mol. The lowest BCUT2D eigenvalue weighted by Crippen LogP contribution is -2.54. The second-order valence-corrected chi connectivity index (χ2v) is 8.86. The third-order valence-electron chi connectivity index (χ3n) is 3.67. The van der Waals surface area contributed by atoms with Crippen molar-refractivity contribution < 1.29 is 18.0 Å². The molecule has 0 saturated carbocycles. The summed E-state index contributed by atoms with van der Waals surface area (Å²) in [6, 6.07) is -1.04. The van der Waals surface area contributed by atoms with Gasteiger partial charge in [0, 0.05) is 12.1 Å². The van der Waals surface area contributed by atoms with E-state index >= 15 is 0 Å². The number of primary sulfonamides is 1. The summed E-state index contributed by atoms with van der Waals surface area (Å²) in [7, 11) is -3.52. The lowest BCUT2D eigenvalue weighted by atomic mass is 9.98. The maximum Gasteiger partial charge on any atom is 0.321 e. The van der Waals surface area contributed by atoms with Gasteiger partial charge in [0.05, 0.1) is 11.8 Å². The Bertz CT molecular complexity index is 541. The molecule has 2 atom stereocenters. The molecule has 0 aromatic heterocycles. The molecule has 1 heterocycles. The van der Waals surface area contributed by atoms with E-state index in [1.807, 2.05) is 25.7 Å². The normalized spacial score (nSPS) is 21.5. The highest BCUT2D eigenvalue weighted by Crippen LogP contribution is 2.19. The number of nitrogens with zero attached hydrogens (tertiary/aromatic N) is 1. The number of hydrogen-bond acceptors (Lipinski definition) is 5. The fourth-order valence-electron chi connectivity index (χ4n) is 2.67. The van der Waals surface area contributed by atoms with Crippen molar-refractivity contribution in [3.63, 3.8) is 0 Å². The predicted octanol–water partition coefficient (Wildman–Crippen LogP) is -0.000300. The summed E-state index contributed by atoms with van der Waals surface area (Å²) in [5.41, 5.74) is -0.431. The van der Waals surface area contributed by atoms with Gasteiger partial charge in [-0.3, -0.25) is 15.0 Å². The summed E-state index contributed by atoms with van der Waals surface area (Å²) >= 11 is 0. The van der Waals surface area contributed by atoms with E-state index < -0.39 is 33.5 Å². The summed E-state index contributed by atoms with van der Waals surface area (Å²) in [6.45, 7) is 8.34. The molecule has 134 valence electrons. The topological polar surface area (TPSA) is 122 Å². The highest BCUT2D eigenvalue weighted by atomic mass is 32.2. The first kappa shape index (κ1) is 19.9. The van der Waals surface area contributed by atoms with Gasteiger partial charge in [-0.05, 0) is 53.0 Å². The molecule has 1 aliphatic heterocycles. The number of piperidine rings is 1. The molecule has 0 aromatic rings. The second-order valence-electron chi connectivity index (χ2n) is 7.20. The van der Waals surface area contributed by atoms with Gasteiger partial charge in [-0.1, -0.05) is 0 Å². The van der Waals surface area contributed by atoms with Gasteiger partial charge < -0.3 is 5.32 Å². The zero-order valence-corrected chi connectivity index (χ0v) is 15.1. The molecule has 4 N–H and O–H groups in total. The average molecular weight is 348 g/mol. The largest absolute Gasteiger partial charge is 0.333 e. The zero-order valence-electron chi connectivity index (χ0n) is 14.3. The van der Waals surface area contributed by atoms with Crippen LogP contribution in [0.5, 0.6) is 0 Å². The van der Waals surface area contributed by atoms with Crippen LogP contribution in [-0.4, -0.2) is 55.7 Å². The average Bonchev–Trinajstić information content (AvgIpc) is 2.33. The maximum absolute atomic E-state index is 12.2. The van der Waals surface area contributed by atoms with Crippen LogP contribution in [0.1, 0.15) is 40.5 Å². The summed E-state index contributed by atoms with van der Waals surface area (Å²) < 4.78 is 22.4. The molecule has 8 nitrogen and oxygen atoms in total. The molecule has 0 bridgehead atoms. The number of rotatable bonds is 4. The number of nitrogens with one attached hydrogen (secondary N) is 2. The number of sulfonamides is 1. The Morgan fingerprint density at radius 1 is 1.35 bits per heavy atom. The third kappa shape index (κ3) is 7.76. The number of carbonyl (C=O) groups excluding carboxylic acids is 2. The molecule has 0 spiro atoms. The molecule has 3 amide bonds. The summed E-state index contributed by atoms with van der Waals surface area (Å²) in [5, 5.41) is 10.1. The van der Waals surface area contributed by atoms with E-state index in [-0.39, 0.29) is 11.7 Å². The number of amides is 3. The van der Waals surface area contributed by atoms with Gasteiger partial charge in [-0.2, -0.15) is 0 Å². The van der Waals surface area contributed by atoms with E-state index in [1.54, 1.807) is 6.92 Å². The summed E-state index contributed by atoms with van der Waals surface area (Å²) in [6.07, 6.45) is 1.57. The van der Waals surface area contributed by atoms with Gasteiger partial charge in [0.2, 0.25) is 15.9 Å². The Morgan fingerprint density at radius 2 is 1.96 bits per heavy atom. The Morgan fingerprint density at radius 3 is 2.48 bits per heavy atom. The SMILES string of the molecule is C[C@@H](C(=O)NC(=O)NC(C)(C)C)N1CCC[C@H](CS(N)(=O)=O)C1. The smallest absolute Gasteiger partial charge is 0.321 e. The van der Waals surface area contributed by atoms with Crippen molar-refractivity contribution in [1.82, 2.24) is 15.5 Å². The van der Waals surface area contributed by atoms with E-state index in [0.29, 0.717) is 13.1 Å². The van der Waals surface area contributed by atoms with Gasteiger partial charge in [0.15, 0.2) is 0 Å². The lowest BCUT2D eigenvalue weighted by Gasteiger charge is -2.35. The summed E-state index contributed by atoms with van der Waals surface area (Å²) in [5.74, 6) is -0.567. The van der Waals surface area contributed by atoms with E-state index in [9.17, 15) is 18.0 Å². The van der Waals surface area contributed by atoms with Crippen LogP contribution in [0, 0.1) is 5.92 Å². The molecule has 23 heavy (non-hydrogen) atoms. The Balaban J connectivity index is 2.57. The van der Waals surface area contributed by atoms with Crippen LogP contribution in [-0.2, 0) is 14.8 Å². The Kier molecular flexibility index (Phi) is 6.55. The standard InChI is InChI=1S/C14H28N4O4S/c1-10(12(19)16-13(20)17-14(2,3)4)18-7-5-6-11(8-18)9-23(15,21)22/h10-11H,5-9H2,1-4H3,(H2,15,21,22)(H2,16,17,19,20)/t10-,11-/m0/s1. The monoisotopic (exact) mass is 348 g/mol. The highest BCUT2D eigenvalue weighted by Gasteiger charge is 2.30. The second kappa shape index (κ2) is 7.59. The minimum atomic E-state index is -3.52. The van der Waals surface area contributed by atoms with Crippen LogP contribution in [0.25, 0.3) is 0 Å². The molecule has 0 unspecified atom stereocenters. The zero-order chi connectivity index (χ0) is 17.8. The van der Waals surface area contributed by atoms with E-state index in [1.165, 1.54) is 0 Å². The molecule has 0 radical (unpaired) electrons. The summed E-state index contributed by atoms with van der Waals surface area (Å²) in [4.78, 5) is 25.8. The van der Waals surface area contributed by atoms with Crippen molar-refractivity contribution in [3.05, 3.63) is 0 Å². The van der Waals surface area contributed by atoms with Gasteiger partial charge in [-0.15, -0.1) is 0 Å². The van der Waals surface area contributed by atoms with Gasteiger partial charge >= 0.3 is 6.03 Å². The van der Waals surface area contributed by atoms with Crippen molar-refractivity contribution >= 4 is 22.0 Å². The number of nitrogens with two attached hydrogens (primary N) is 1. The van der Waals surface area contributed by atoms with Crippen molar-refractivity contribution in [1.29, 1.82) is 0 Å². The Hall–Kier alpha value is -1.19. The van der Waals surface area contributed by atoms with Crippen LogP contribution in [0.3, 0.4) is 0 Å². The molecule has 9 heteroatoms. The fraction of sp³-hybridized carbons (Fsp3) is 0.857. The molecule has 1 aliphatic rings. The van der Waals surface area contributed by atoms with Crippen LogP contribution in [0.2, 0.25) is 0 Å². The van der Waals surface area contributed by atoms with E-state index in [4.69, 9.17) is 5.14 Å². The van der Waals surface area contributed by atoms with Crippen LogP contribution in [0.15, 0.2) is 0 Å². The Labute approximate surface area is 138 Å². The third-order valence-corrected chi connectivity index (χ3v) is 4.61. The van der Waals surface area contributed by atoms with Gasteiger partial charge in [-0.25, -0.2) is 18.4 Å². The van der Waals surface area contributed by atoms with E-state index in [0.717, 1.165) is 12.8 Å². The minimum absolute atomic E-state index is 0.0810. The fourth-order valence-corrected chi connectivity index (χ4v) is 3.60. The molecule has 1 saturated heterocycles.